The van der Waals surface area contributed by atoms with Crippen LogP contribution in [0.2, 0.25) is 0 Å². The summed E-state index contributed by atoms with van der Waals surface area (Å²) in [4.78, 5) is 2.64. The molecule has 0 spiro atoms. The maximum absolute atomic E-state index is 4.30. The van der Waals surface area contributed by atoms with Crippen molar-refractivity contribution in [3.63, 3.8) is 0 Å². The van der Waals surface area contributed by atoms with Crippen molar-refractivity contribution >= 4 is 0 Å². The Morgan fingerprint density at radius 2 is 2.10 bits per heavy atom. The Hall–Kier alpha value is -0.870. The number of aromatic nitrogens is 2. The lowest BCUT2D eigenvalue weighted by Gasteiger charge is -2.47. The van der Waals surface area contributed by atoms with Crippen LogP contribution in [0.1, 0.15) is 40.2 Å². The summed E-state index contributed by atoms with van der Waals surface area (Å²) < 4.78 is 1.89. The highest BCUT2D eigenvalue weighted by molar-refractivity contribution is 5.05. The quantitative estimate of drug-likeness (QED) is 0.921. The standard InChI is InChI=1S/C16H30N4/c1-12(2)14-11-20(10-13-7-18-19(6)9-13)15(8-17-14)16(3,4)5/h7,9,12,14-15,17H,8,10-11H2,1-6H3. The predicted octanol–water partition coefficient (Wildman–Crippen LogP) is 2.26. The fourth-order valence-electron chi connectivity index (χ4n) is 3.10. The van der Waals surface area contributed by atoms with Crippen LogP contribution in [0.4, 0.5) is 0 Å². The Morgan fingerprint density at radius 1 is 1.40 bits per heavy atom. The highest BCUT2D eigenvalue weighted by Gasteiger charge is 2.36. The average Bonchev–Trinajstić information content (AvgIpc) is 2.73. The van der Waals surface area contributed by atoms with E-state index >= 15 is 0 Å². The van der Waals surface area contributed by atoms with Crippen molar-refractivity contribution in [1.29, 1.82) is 0 Å². The SMILES string of the molecule is CC(C)C1CN(Cc2cnn(C)c2)C(C(C)(C)C)CN1. The fraction of sp³-hybridized carbons (Fsp3) is 0.812. The summed E-state index contributed by atoms with van der Waals surface area (Å²) in [7, 11) is 1.99. The number of hydrogen-bond acceptors (Lipinski definition) is 3. The molecule has 1 aliphatic rings. The van der Waals surface area contributed by atoms with E-state index in [1.165, 1.54) is 5.56 Å². The topological polar surface area (TPSA) is 33.1 Å². The summed E-state index contributed by atoms with van der Waals surface area (Å²) in [5.74, 6) is 0.673. The van der Waals surface area contributed by atoms with Crippen LogP contribution in [-0.4, -0.2) is 39.9 Å². The van der Waals surface area contributed by atoms with Gasteiger partial charge in [-0.15, -0.1) is 0 Å². The van der Waals surface area contributed by atoms with E-state index in [0.29, 0.717) is 18.0 Å². The monoisotopic (exact) mass is 278 g/mol. The van der Waals surface area contributed by atoms with Gasteiger partial charge in [-0.05, 0) is 11.3 Å². The molecular formula is C16H30N4. The summed E-state index contributed by atoms with van der Waals surface area (Å²) in [6, 6.07) is 1.16. The van der Waals surface area contributed by atoms with Gasteiger partial charge in [-0.25, -0.2) is 0 Å². The van der Waals surface area contributed by atoms with Gasteiger partial charge in [0.25, 0.3) is 0 Å². The van der Waals surface area contributed by atoms with E-state index in [1.54, 1.807) is 0 Å². The Labute approximate surface area is 123 Å². The average molecular weight is 278 g/mol. The van der Waals surface area contributed by atoms with Crippen molar-refractivity contribution in [3.05, 3.63) is 18.0 Å². The van der Waals surface area contributed by atoms with E-state index in [1.807, 2.05) is 17.9 Å². The van der Waals surface area contributed by atoms with Crippen molar-refractivity contribution in [3.8, 4) is 0 Å². The van der Waals surface area contributed by atoms with Crippen LogP contribution in [-0.2, 0) is 13.6 Å². The van der Waals surface area contributed by atoms with E-state index in [2.05, 4.69) is 56.1 Å². The van der Waals surface area contributed by atoms with Crippen LogP contribution in [0.5, 0.6) is 0 Å². The molecular weight excluding hydrogens is 248 g/mol. The van der Waals surface area contributed by atoms with Crippen LogP contribution in [0.25, 0.3) is 0 Å². The predicted molar refractivity (Wildman–Crippen MR) is 83.5 cm³/mol. The smallest absolute Gasteiger partial charge is 0.0534 e. The van der Waals surface area contributed by atoms with Crippen LogP contribution >= 0.6 is 0 Å². The molecule has 114 valence electrons. The van der Waals surface area contributed by atoms with Crippen molar-refractivity contribution in [2.24, 2.45) is 18.4 Å². The third kappa shape index (κ3) is 3.61. The Morgan fingerprint density at radius 3 is 2.60 bits per heavy atom. The van der Waals surface area contributed by atoms with Gasteiger partial charge in [0.1, 0.15) is 0 Å². The summed E-state index contributed by atoms with van der Waals surface area (Å²) >= 11 is 0. The molecule has 1 fully saturated rings. The molecule has 2 heterocycles. The van der Waals surface area contributed by atoms with Crippen molar-refractivity contribution in [1.82, 2.24) is 20.0 Å². The largest absolute Gasteiger partial charge is 0.311 e. The maximum Gasteiger partial charge on any atom is 0.0534 e. The molecule has 0 saturated carbocycles. The van der Waals surface area contributed by atoms with Crippen LogP contribution in [0.15, 0.2) is 12.4 Å². The second-order valence-corrected chi connectivity index (χ2v) is 7.59. The third-order valence-electron chi connectivity index (χ3n) is 4.39. The van der Waals surface area contributed by atoms with Crippen LogP contribution in [0.3, 0.4) is 0 Å². The van der Waals surface area contributed by atoms with Gasteiger partial charge in [-0.1, -0.05) is 34.6 Å². The van der Waals surface area contributed by atoms with Gasteiger partial charge >= 0.3 is 0 Å². The Bertz CT molecular complexity index is 430. The molecule has 1 saturated heterocycles. The fourth-order valence-corrected chi connectivity index (χ4v) is 3.10. The van der Waals surface area contributed by atoms with Gasteiger partial charge in [0.05, 0.1) is 6.20 Å². The van der Waals surface area contributed by atoms with Crippen LogP contribution in [0, 0.1) is 11.3 Å². The zero-order valence-electron chi connectivity index (χ0n) is 13.8. The number of hydrogen-bond donors (Lipinski definition) is 1. The van der Waals surface area contributed by atoms with Gasteiger partial charge in [0.2, 0.25) is 0 Å². The highest BCUT2D eigenvalue weighted by Crippen LogP contribution is 2.28. The second-order valence-electron chi connectivity index (χ2n) is 7.59. The first kappa shape index (κ1) is 15.5. The molecule has 20 heavy (non-hydrogen) atoms. The Balaban J connectivity index is 2.13. The molecule has 0 radical (unpaired) electrons. The van der Waals surface area contributed by atoms with Gasteiger partial charge in [-0.2, -0.15) is 5.10 Å². The summed E-state index contributed by atoms with van der Waals surface area (Å²) in [6.45, 7) is 14.8. The number of piperazine rings is 1. The first-order chi connectivity index (χ1) is 9.27. The van der Waals surface area contributed by atoms with E-state index in [9.17, 15) is 0 Å². The van der Waals surface area contributed by atoms with Gasteiger partial charge in [-0.3, -0.25) is 9.58 Å². The molecule has 0 aliphatic carbocycles. The van der Waals surface area contributed by atoms with E-state index in [4.69, 9.17) is 0 Å². The molecule has 2 unspecified atom stereocenters. The third-order valence-corrected chi connectivity index (χ3v) is 4.39. The van der Waals surface area contributed by atoms with E-state index < -0.39 is 0 Å². The minimum absolute atomic E-state index is 0.289. The van der Waals surface area contributed by atoms with E-state index in [-0.39, 0.29) is 5.41 Å². The van der Waals surface area contributed by atoms with Crippen molar-refractivity contribution < 1.29 is 0 Å². The summed E-state index contributed by atoms with van der Waals surface area (Å²) in [5, 5.41) is 8.03. The van der Waals surface area contributed by atoms with Gasteiger partial charge in [0, 0.05) is 50.5 Å². The minimum Gasteiger partial charge on any atom is -0.311 e. The van der Waals surface area contributed by atoms with Crippen molar-refractivity contribution in [2.45, 2.75) is 53.2 Å². The minimum atomic E-state index is 0.289. The van der Waals surface area contributed by atoms with Gasteiger partial charge < -0.3 is 5.32 Å². The normalized spacial score (nSPS) is 25.4. The Kier molecular flexibility index (Phi) is 4.55. The number of rotatable bonds is 3. The number of nitrogens with zero attached hydrogens (tertiary/aromatic N) is 3. The molecule has 4 nitrogen and oxygen atoms in total. The molecule has 0 aromatic carbocycles. The zero-order chi connectivity index (χ0) is 14.9. The van der Waals surface area contributed by atoms with Gasteiger partial charge in [0.15, 0.2) is 0 Å². The van der Waals surface area contributed by atoms with E-state index in [0.717, 1.165) is 19.6 Å². The molecule has 2 rings (SSSR count). The first-order valence-electron chi connectivity index (χ1n) is 7.72. The molecule has 2 atom stereocenters. The molecule has 1 aliphatic heterocycles. The van der Waals surface area contributed by atoms with Crippen LogP contribution < -0.4 is 5.32 Å². The van der Waals surface area contributed by atoms with Crippen molar-refractivity contribution in [2.75, 3.05) is 13.1 Å². The molecule has 1 N–H and O–H groups in total. The first-order valence-corrected chi connectivity index (χ1v) is 7.72. The zero-order valence-corrected chi connectivity index (χ0v) is 13.8. The summed E-state index contributed by atoms with van der Waals surface area (Å²) in [5.41, 5.74) is 1.60. The molecule has 1 aromatic heterocycles. The number of aryl methyl sites for hydroxylation is 1. The molecule has 0 amide bonds. The molecule has 0 bridgehead atoms. The molecule has 4 heteroatoms. The lowest BCUT2D eigenvalue weighted by molar-refractivity contribution is 0.0400. The highest BCUT2D eigenvalue weighted by atomic mass is 15.3. The lowest BCUT2D eigenvalue weighted by atomic mass is 9.83. The summed E-state index contributed by atoms with van der Waals surface area (Å²) in [6.07, 6.45) is 4.12. The lowest BCUT2D eigenvalue weighted by Crippen LogP contribution is -2.61. The number of nitrogens with one attached hydrogen (secondary N) is 1. The molecule has 1 aromatic rings. The maximum atomic E-state index is 4.30. The second kappa shape index (κ2) is 5.86.